The van der Waals surface area contributed by atoms with Crippen LogP contribution < -0.4 is 0 Å². The van der Waals surface area contributed by atoms with E-state index in [9.17, 15) is 20.4 Å². The van der Waals surface area contributed by atoms with Gasteiger partial charge in [0, 0.05) is 11.8 Å². The average Bonchev–Trinajstić information content (AvgIpc) is 3.82. The fourth-order valence-corrected chi connectivity index (χ4v) is 14.2. The first-order valence-electron chi connectivity index (χ1n) is 17.6. The third kappa shape index (κ3) is 3.20. The summed E-state index contributed by atoms with van der Waals surface area (Å²) >= 11 is 0. The number of hydrogen-bond acceptors (Lipinski definition) is 9. The molecule has 0 unspecified atom stereocenters. The molecule has 9 fully saturated rings. The van der Waals surface area contributed by atoms with E-state index in [0.29, 0.717) is 30.3 Å². The molecule has 5 aliphatic carbocycles. The fourth-order valence-electron chi connectivity index (χ4n) is 14.2. The summed E-state index contributed by atoms with van der Waals surface area (Å²) in [4.78, 5) is 0. The van der Waals surface area contributed by atoms with Crippen molar-refractivity contribution < 1.29 is 44.1 Å². The number of rotatable bonds is 2. The van der Waals surface area contributed by atoms with Gasteiger partial charge in [-0.3, -0.25) is 0 Å². The largest absolute Gasteiger partial charge is 0.390 e. The van der Waals surface area contributed by atoms with Gasteiger partial charge in [0.25, 0.3) is 0 Å². The van der Waals surface area contributed by atoms with Crippen LogP contribution in [0.3, 0.4) is 0 Å². The predicted molar refractivity (Wildman–Crippen MR) is 157 cm³/mol. The molecule has 4 N–H and O–H groups in total. The van der Waals surface area contributed by atoms with Crippen LogP contribution in [0, 0.1) is 50.7 Å². The zero-order chi connectivity index (χ0) is 31.0. The lowest BCUT2D eigenvalue weighted by atomic mass is 9.41. The van der Waals surface area contributed by atoms with E-state index in [4.69, 9.17) is 23.7 Å². The van der Waals surface area contributed by atoms with Crippen molar-refractivity contribution in [3.63, 3.8) is 0 Å². The quantitative estimate of drug-likeness (QED) is 0.272. The van der Waals surface area contributed by atoms with Gasteiger partial charge in [0.05, 0.1) is 31.5 Å². The molecule has 9 rings (SSSR count). The number of aliphatic hydroxyl groups excluding tert-OH is 4. The molecule has 0 aromatic carbocycles. The lowest BCUT2D eigenvalue weighted by molar-refractivity contribution is -0.313. The van der Waals surface area contributed by atoms with Crippen LogP contribution in [0.1, 0.15) is 92.9 Å². The standard InChI is InChI=1S/C35H54O9/c1-17-13-35(28-31(5,44-28)16-41-35)43-25-22(17)30(4)11-12-34-15-33(34)10-9-21(42-27-24(38)23(37)18(36)14-40-27)29(2,3)19(33)7-8-20(34)32(30,6)26(25)39/h17-28,36-39H,7-16H2,1-6H3/t17-,18-,19+,20+,21+,22+,23+,24-,25-,26+,27+,28+,30-,31+,32-,33-,34-,35+/m1/s1. The first-order chi connectivity index (χ1) is 20.6. The molecule has 0 aromatic rings. The molecular weight excluding hydrogens is 564 g/mol. The van der Waals surface area contributed by atoms with E-state index in [1.165, 1.54) is 12.8 Å². The zero-order valence-corrected chi connectivity index (χ0v) is 27.3. The van der Waals surface area contributed by atoms with Crippen LogP contribution in [-0.4, -0.2) is 94.0 Å². The number of aliphatic hydroxyl groups is 4. The monoisotopic (exact) mass is 618 g/mol. The van der Waals surface area contributed by atoms with E-state index >= 15 is 0 Å². The molecule has 0 amide bonds. The van der Waals surface area contributed by atoms with E-state index in [1.54, 1.807) is 0 Å². The van der Waals surface area contributed by atoms with Crippen molar-refractivity contribution in [3.8, 4) is 0 Å². The minimum Gasteiger partial charge on any atom is -0.390 e. The predicted octanol–water partition coefficient (Wildman–Crippen LogP) is 3.14. The van der Waals surface area contributed by atoms with Gasteiger partial charge in [0.2, 0.25) is 0 Å². The van der Waals surface area contributed by atoms with Crippen LogP contribution in [0.15, 0.2) is 0 Å². The normalized spacial score (nSPS) is 66.4. The van der Waals surface area contributed by atoms with Crippen molar-refractivity contribution in [2.75, 3.05) is 13.2 Å². The summed E-state index contributed by atoms with van der Waals surface area (Å²) in [5.41, 5.74) is -0.156. The Kier molecular flexibility index (Phi) is 5.83. The minimum atomic E-state index is -1.27. The van der Waals surface area contributed by atoms with E-state index in [1.807, 2.05) is 0 Å². The highest BCUT2D eigenvalue weighted by atomic mass is 16.8. The van der Waals surface area contributed by atoms with Crippen LogP contribution in [0.2, 0.25) is 0 Å². The van der Waals surface area contributed by atoms with Gasteiger partial charge < -0.3 is 44.1 Å². The summed E-state index contributed by atoms with van der Waals surface area (Å²) < 4.78 is 31.6. The van der Waals surface area contributed by atoms with Crippen molar-refractivity contribution >= 4 is 0 Å². The molecule has 0 aromatic heterocycles. The molecule has 4 heterocycles. The number of ether oxygens (including phenoxy) is 5. The molecule has 5 saturated carbocycles. The third-order valence-corrected chi connectivity index (χ3v) is 16.4. The summed E-state index contributed by atoms with van der Waals surface area (Å²) in [6, 6.07) is 0. The maximum absolute atomic E-state index is 12.5. The molecule has 0 radical (unpaired) electrons. The average molecular weight is 619 g/mol. The first kappa shape index (κ1) is 29.8. The Bertz CT molecular complexity index is 1240. The highest BCUT2D eigenvalue weighted by molar-refractivity contribution is 5.33. The second kappa shape index (κ2) is 8.61. The number of fused-ring (bicyclic) bond motifs is 6. The number of epoxide rings is 1. The topological polar surface area (TPSA) is 130 Å². The molecule has 4 saturated heterocycles. The molecule has 248 valence electrons. The lowest BCUT2D eigenvalue weighted by Crippen LogP contribution is -2.61. The van der Waals surface area contributed by atoms with Gasteiger partial charge >= 0.3 is 0 Å². The summed E-state index contributed by atoms with van der Waals surface area (Å²) in [6.07, 6.45) is 3.05. The smallest absolute Gasteiger partial charge is 0.198 e. The molecule has 9 nitrogen and oxygen atoms in total. The molecule has 0 bridgehead atoms. The van der Waals surface area contributed by atoms with E-state index < -0.39 is 36.5 Å². The van der Waals surface area contributed by atoms with Gasteiger partial charge in [-0.25, -0.2) is 0 Å². The minimum absolute atomic E-state index is 0.00729. The molecule has 4 aliphatic heterocycles. The fraction of sp³-hybridized carbons (Fsp3) is 1.00. The van der Waals surface area contributed by atoms with Crippen LogP contribution in [0.4, 0.5) is 0 Å². The molecule has 3 spiro atoms. The summed E-state index contributed by atoms with van der Waals surface area (Å²) in [7, 11) is 0. The Morgan fingerprint density at radius 2 is 1.55 bits per heavy atom. The second-order valence-corrected chi connectivity index (χ2v) is 18.3. The highest BCUT2D eigenvalue weighted by Crippen LogP contribution is 2.89. The molecular formula is C35H54O9. The molecule has 18 atom stereocenters. The zero-order valence-electron chi connectivity index (χ0n) is 27.3. The Morgan fingerprint density at radius 3 is 2.25 bits per heavy atom. The van der Waals surface area contributed by atoms with Crippen LogP contribution in [0.5, 0.6) is 0 Å². The number of hydrogen-bond donors (Lipinski definition) is 4. The maximum atomic E-state index is 12.5. The summed E-state index contributed by atoms with van der Waals surface area (Å²) in [6.45, 7) is 14.6. The van der Waals surface area contributed by atoms with E-state index in [-0.39, 0.29) is 57.6 Å². The Labute approximate surface area is 261 Å². The Hall–Kier alpha value is -0.360. The second-order valence-electron chi connectivity index (χ2n) is 18.3. The van der Waals surface area contributed by atoms with Crippen molar-refractivity contribution in [1.82, 2.24) is 0 Å². The van der Waals surface area contributed by atoms with Crippen LogP contribution in [0.25, 0.3) is 0 Å². The first-order valence-corrected chi connectivity index (χ1v) is 17.6. The third-order valence-electron chi connectivity index (χ3n) is 16.4. The van der Waals surface area contributed by atoms with Crippen molar-refractivity contribution in [3.05, 3.63) is 0 Å². The van der Waals surface area contributed by atoms with Gasteiger partial charge in [-0.2, -0.15) is 0 Å². The van der Waals surface area contributed by atoms with Gasteiger partial charge in [0.1, 0.15) is 30.0 Å². The SMILES string of the molecule is C[C@@H]1C[C@]2(OC[C@]3(C)O[C@H]23)O[C@@H]2[C@H]1[C@@]1(C)CC[C@]34C[C@@]35CC[C@H](O[C@@H]3OC[C@@H](O)[C@H](O)[C@H]3O)C(C)(C)[C@@H]5CC[C@H]4[C@]1(C)[C@H]2O. The van der Waals surface area contributed by atoms with Crippen molar-refractivity contribution in [2.24, 2.45) is 50.7 Å². The van der Waals surface area contributed by atoms with E-state index in [0.717, 1.165) is 38.5 Å². The van der Waals surface area contributed by atoms with Gasteiger partial charge in [-0.15, -0.1) is 0 Å². The van der Waals surface area contributed by atoms with Gasteiger partial charge in [-0.1, -0.05) is 34.6 Å². The van der Waals surface area contributed by atoms with Crippen molar-refractivity contribution in [1.29, 1.82) is 0 Å². The summed E-state index contributed by atoms with van der Waals surface area (Å²) in [5, 5.41) is 43.3. The van der Waals surface area contributed by atoms with Gasteiger partial charge in [0.15, 0.2) is 12.1 Å². The summed E-state index contributed by atoms with van der Waals surface area (Å²) in [5.74, 6) is 0.869. The molecule has 9 aliphatic rings. The van der Waals surface area contributed by atoms with Gasteiger partial charge in [-0.05, 0) is 97.2 Å². The van der Waals surface area contributed by atoms with Crippen LogP contribution in [-0.2, 0) is 23.7 Å². The van der Waals surface area contributed by atoms with E-state index in [2.05, 4.69) is 41.5 Å². The van der Waals surface area contributed by atoms with Crippen molar-refractivity contribution in [2.45, 2.75) is 153 Å². The highest BCUT2D eigenvalue weighted by Gasteiger charge is 2.86. The molecule has 9 heteroatoms. The maximum Gasteiger partial charge on any atom is 0.198 e. The van der Waals surface area contributed by atoms with Crippen LogP contribution >= 0.6 is 0 Å². The lowest BCUT2D eigenvalue weighted by Gasteiger charge is -2.64. The Balaban J connectivity index is 0.995. The molecule has 44 heavy (non-hydrogen) atoms. The Morgan fingerprint density at radius 1 is 0.818 bits per heavy atom.